The van der Waals surface area contributed by atoms with Crippen molar-refractivity contribution < 1.29 is 4.74 Å². The van der Waals surface area contributed by atoms with E-state index in [1.807, 2.05) is 0 Å². The van der Waals surface area contributed by atoms with Crippen molar-refractivity contribution >= 4 is 11.8 Å². The van der Waals surface area contributed by atoms with Crippen LogP contribution in [0.5, 0.6) is 0 Å². The average Bonchev–Trinajstić information content (AvgIpc) is 2.72. The Morgan fingerprint density at radius 1 is 1.11 bits per heavy atom. The summed E-state index contributed by atoms with van der Waals surface area (Å²) in [6, 6.07) is 0. The third kappa shape index (κ3) is 2.46. The van der Waals surface area contributed by atoms with Crippen LogP contribution in [0.25, 0.3) is 0 Å². The number of hydrogen-bond donors (Lipinski definition) is 1. The van der Waals surface area contributed by atoms with Gasteiger partial charge in [0.2, 0.25) is 0 Å². The Labute approximate surface area is 115 Å². The molecule has 0 aromatic rings. The minimum absolute atomic E-state index is 0.126. The van der Waals surface area contributed by atoms with E-state index in [9.17, 15) is 0 Å². The molecular weight excluding hydrogens is 242 g/mol. The predicted molar refractivity (Wildman–Crippen MR) is 77.9 cm³/mol. The summed E-state index contributed by atoms with van der Waals surface area (Å²) in [5, 5.41) is 0. The van der Waals surface area contributed by atoms with Gasteiger partial charge in [0, 0.05) is 12.1 Å². The highest BCUT2D eigenvalue weighted by atomic mass is 32.2. The first-order chi connectivity index (χ1) is 8.62. The predicted octanol–water partition coefficient (Wildman–Crippen LogP) is 3.20. The quantitative estimate of drug-likeness (QED) is 0.794. The number of hydrogen-bond acceptors (Lipinski definition) is 3. The van der Waals surface area contributed by atoms with E-state index in [0.29, 0.717) is 5.92 Å². The third-order valence-corrected chi connectivity index (χ3v) is 6.53. The van der Waals surface area contributed by atoms with Gasteiger partial charge in [-0.3, -0.25) is 0 Å². The van der Waals surface area contributed by atoms with E-state index >= 15 is 0 Å². The van der Waals surface area contributed by atoms with Gasteiger partial charge in [-0.2, -0.15) is 11.8 Å². The van der Waals surface area contributed by atoms with E-state index in [0.717, 1.165) is 12.5 Å². The Balaban J connectivity index is 1.70. The van der Waals surface area contributed by atoms with Crippen molar-refractivity contribution in [1.29, 1.82) is 0 Å². The average molecular weight is 269 g/mol. The van der Waals surface area contributed by atoms with Gasteiger partial charge in [0.1, 0.15) is 0 Å². The molecule has 1 aliphatic carbocycles. The molecule has 1 spiro atoms. The maximum absolute atomic E-state index is 6.75. The van der Waals surface area contributed by atoms with Crippen molar-refractivity contribution in [3.8, 4) is 0 Å². The zero-order valence-corrected chi connectivity index (χ0v) is 12.4. The molecule has 3 rings (SSSR count). The highest BCUT2D eigenvalue weighted by Gasteiger charge is 2.47. The van der Waals surface area contributed by atoms with E-state index in [4.69, 9.17) is 10.5 Å². The molecular formula is C15H27NOS. The normalized spacial score (nSPS) is 44.3. The second-order valence-electron chi connectivity index (χ2n) is 6.91. The molecule has 3 aliphatic rings. The summed E-state index contributed by atoms with van der Waals surface area (Å²) in [5.74, 6) is 4.09. The zero-order chi connectivity index (χ0) is 12.6. The molecule has 1 saturated carbocycles. The summed E-state index contributed by atoms with van der Waals surface area (Å²) in [6.07, 6.45) is 8.73. The van der Waals surface area contributed by atoms with E-state index in [1.165, 1.54) is 56.5 Å². The minimum atomic E-state index is 0.126. The van der Waals surface area contributed by atoms with Crippen LogP contribution in [-0.2, 0) is 4.74 Å². The van der Waals surface area contributed by atoms with Crippen LogP contribution in [0.1, 0.15) is 51.9 Å². The third-order valence-electron chi connectivity index (χ3n) is 5.54. The van der Waals surface area contributed by atoms with Crippen LogP contribution in [0.15, 0.2) is 0 Å². The molecule has 2 nitrogen and oxygen atoms in total. The first-order valence-corrected chi connectivity index (χ1v) is 8.78. The minimum Gasteiger partial charge on any atom is -0.375 e. The van der Waals surface area contributed by atoms with E-state index in [-0.39, 0.29) is 11.1 Å². The molecule has 0 radical (unpaired) electrons. The topological polar surface area (TPSA) is 35.2 Å². The maximum atomic E-state index is 6.75. The molecule has 0 aromatic heterocycles. The Bertz CT molecular complexity index is 297. The maximum Gasteiger partial charge on any atom is 0.0701 e. The zero-order valence-electron chi connectivity index (χ0n) is 11.6. The first kappa shape index (κ1) is 13.3. The second kappa shape index (κ2) is 4.99. The molecule has 0 bridgehead atoms. The lowest BCUT2D eigenvalue weighted by atomic mass is 9.71. The molecule has 2 N–H and O–H groups in total. The van der Waals surface area contributed by atoms with E-state index in [2.05, 4.69) is 18.7 Å². The molecule has 18 heavy (non-hydrogen) atoms. The molecule has 3 heteroatoms. The summed E-state index contributed by atoms with van der Waals surface area (Å²) < 4.78 is 6.20. The Hall–Kier alpha value is 0.270. The molecule has 3 fully saturated rings. The van der Waals surface area contributed by atoms with Gasteiger partial charge in [0.15, 0.2) is 0 Å². The van der Waals surface area contributed by atoms with Gasteiger partial charge in [0.05, 0.1) is 5.60 Å². The van der Waals surface area contributed by atoms with Crippen molar-refractivity contribution in [2.75, 3.05) is 18.1 Å². The number of thioether (sulfide) groups is 1. The molecule has 2 aliphatic heterocycles. The van der Waals surface area contributed by atoms with E-state index in [1.54, 1.807) is 0 Å². The molecule has 2 saturated heterocycles. The van der Waals surface area contributed by atoms with Crippen LogP contribution in [0.3, 0.4) is 0 Å². The summed E-state index contributed by atoms with van der Waals surface area (Å²) in [7, 11) is 0. The summed E-state index contributed by atoms with van der Waals surface area (Å²) in [5.41, 5.74) is 7.08. The summed E-state index contributed by atoms with van der Waals surface area (Å²) in [4.78, 5) is 0. The van der Waals surface area contributed by atoms with Crippen molar-refractivity contribution in [2.45, 2.75) is 63.0 Å². The van der Waals surface area contributed by atoms with Gasteiger partial charge < -0.3 is 10.5 Å². The number of rotatable bonds is 1. The number of ether oxygens (including phenoxy) is 1. The van der Waals surface area contributed by atoms with Crippen LogP contribution in [0, 0.1) is 11.8 Å². The molecule has 104 valence electrons. The SMILES string of the molecule is CC1CCC(N)(C2CCOC3(CCSCC3)C2)C1. The summed E-state index contributed by atoms with van der Waals surface area (Å²) >= 11 is 2.08. The number of nitrogens with two attached hydrogens (primary N) is 1. The van der Waals surface area contributed by atoms with Crippen LogP contribution in [0.2, 0.25) is 0 Å². The van der Waals surface area contributed by atoms with E-state index < -0.39 is 0 Å². The largest absolute Gasteiger partial charge is 0.375 e. The van der Waals surface area contributed by atoms with Crippen LogP contribution >= 0.6 is 11.8 Å². The fourth-order valence-electron chi connectivity index (χ4n) is 4.35. The fraction of sp³-hybridized carbons (Fsp3) is 1.00. The lowest BCUT2D eigenvalue weighted by Gasteiger charge is -2.48. The summed E-state index contributed by atoms with van der Waals surface area (Å²) in [6.45, 7) is 3.31. The van der Waals surface area contributed by atoms with Gasteiger partial charge in [-0.05, 0) is 68.3 Å². The molecule has 0 amide bonds. The fourth-order valence-corrected chi connectivity index (χ4v) is 5.59. The smallest absolute Gasteiger partial charge is 0.0701 e. The van der Waals surface area contributed by atoms with Crippen molar-refractivity contribution in [1.82, 2.24) is 0 Å². The van der Waals surface area contributed by atoms with Crippen LogP contribution < -0.4 is 5.73 Å². The Kier molecular flexibility index (Phi) is 3.68. The molecule has 3 atom stereocenters. The highest BCUT2D eigenvalue weighted by molar-refractivity contribution is 7.99. The molecule has 3 unspecified atom stereocenters. The lowest BCUT2D eigenvalue weighted by molar-refractivity contribution is -0.113. The molecule has 0 aromatic carbocycles. The highest BCUT2D eigenvalue weighted by Crippen LogP contribution is 2.47. The van der Waals surface area contributed by atoms with Gasteiger partial charge in [0.25, 0.3) is 0 Å². The monoisotopic (exact) mass is 269 g/mol. The Morgan fingerprint density at radius 3 is 2.56 bits per heavy atom. The van der Waals surface area contributed by atoms with Crippen molar-refractivity contribution in [2.24, 2.45) is 17.6 Å². The van der Waals surface area contributed by atoms with Crippen LogP contribution in [0.4, 0.5) is 0 Å². The van der Waals surface area contributed by atoms with Gasteiger partial charge in [-0.15, -0.1) is 0 Å². The first-order valence-electron chi connectivity index (χ1n) is 7.63. The van der Waals surface area contributed by atoms with Crippen molar-refractivity contribution in [3.05, 3.63) is 0 Å². The molecule has 2 heterocycles. The Morgan fingerprint density at radius 2 is 1.89 bits per heavy atom. The van der Waals surface area contributed by atoms with Crippen LogP contribution in [-0.4, -0.2) is 29.3 Å². The van der Waals surface area contributed by atoms with Gasteiger partial charge >= 0.3 is 0 Å². The van der Waals surface area contributed by atoms with Gasteiger partial charge in [-0.25, -0.2) is 0 Å². The lowest BCUT2D eigenvalue weighted by Crippen LogP contribution is -2.53. The second-order valence-corrected chi connectivity index (χ2v) is 8.14. The standard InChI is InChI=1S/C15H27NOS/c1-12-2-4-15(16,10-12)13-3-7-17-14(11-13)5-8-18-9-6-14/h12-13H,2-11,16H2,1H3. The van der Waals surface area contributed by atoms with Gasteiger partial charge in [-0.1, -0.05) is 6.92 Å². The van der Waals surface area contributed by atoms with Crippen molar-refractivity contribution in [3.63, 3.8) is 0 Å².